The quantitative estimate of drug-likeness (QED) is 0.811. The maximum atomic E-state index is 10.8. The molecule has 0 heterocycles. The largest absolute Gasteiger partial charge is 0.448 e. The highest BCUT2D eigenvalue weighted by molar-refractivity contribution is 7.15. The van der Waals surface area contributed by atoms with Crippen LogP contribution in [0.3, 0.4) is 0 Å². The number of ether oxygens (including phenoxy) is 1. The van der Waals surface area contributed by atoms with E-state index in [0.717, 1.165) is 5.56 Å². The molecule has 2 atom stereocenters. The highest BCUT2D eigenvalue weighted by Crippen LogP contribution is 2.10. The normalized spacial score (nSPS) is 11.9. The second-order valence-corrected chi connectivity index (χ2v) is 4.06. The lowest BCUT2D eigenvalue weighted by Crippen LogP contribution is -2.31. The molecule has 88 valence electrons. The zero-order valence-corrected chi connectivity index (χ0v) is 10.6. The van der Waals surface area contributed by atoms with Gasteiger partial charge in [-0.2, -0.15) is 0 Å². The lowest BCUT2D eigenvalue weighted by molar-refractivity contribution is 0.145. The minimum atomic E-state index is -0.503. The zero-order valence-electron chi connectivity index (χ0n) is 8.65. The van der Waals surface area contributed by atoms with Crippen LogP contribution in [0.25, 0.3) is 0 Å². The summed E-state index contributed by atoms with van der Waals surface area (Å²) in [5.41, 5.74) is 6.86. The van der Waals surface area contributed by atoms with Crippen LogP contribution in [0.1, 0.15) is 5.56 Å². The SMILES string of the molecule is NC(COC(=O)NP)Cc1ccc(Cl)cc1. The highest BCUT2D eigenvalue weighted by Gasteiger charge is 2.07. The van der Waals surface area contributed by atoms with Crippen molar-refractivity contribution in [2.75, 3.05) is 6.61 Å². The van der Waals surface area contributed by atoms with Gasteiger partial charge in [0.15, 0.2) is 0 Å². The minimum absolute atomic E-state index is 0.183. The number of halogens is 1. The van der Waals surface area contributed by atoms with Gasteiger partial charge < -0.3 is 15.6 Å². The third-order valence-corrected chi connectivity index (χ3v) is 2.45. The third-order valence-electron chi connectivity index (χ3n) is 1.96. The Morgan fingerprint density at radius 3 is 2.69 bits per heavy atom. The fourth-order valence-electron chi connectivity index (χ4n) is 1.21. The van der Waals surface area contributed by atoms with E-state index in [1.54, 1.807) is 12.1 Å². The summed E-state index contributed by atoms with van der Waals surface area (Å²) in [6.07, 6.45) is 0.137. The number of hydrogen-bond acceptors (Lipinski definition) is 3. The topological polar surface area (TPSA) is 64.3 Å². The van der Waals surface area contributed by atoms with Crippen molar-refractivity contribution in [3.05, 3.63) is 34.9 Å². The van der Waals surface area contributed by atoms with E-state index in [4.69, 9.17) is 22.1 Å². The molecule has 0 bridgehead atoms. The molecule has 3 N–H and O–H groups in total. The predicted octanol–water partition coefficient (Wildman–Crippen LogP) is 1.73. The Labute approximate surface area is 102 Å². The van der Waals surface area contributed by atoms with Gasteiger partial charge in [-0.05, 0) is 33.5 Å². The summed E-state index contributed by atoms with van der Waals surface area (Å²) < 4.78 is 4.83. The van der Waals surface area contributed by atoms with Crippen LogP contribution in [-0.2, 0) is 11.2 Å². The van der Waals surface area contributed by atoms with E-state index < -0.39 is 6.09 Å². The first-order valence-electron chi connectivity index (χ1n) is 4.75. The Hall–Kier alpha value is -0.830. The number of benzene rings is 1. The van der Waals surface area contributed by atoms with Crippen LogP contribution < -0.4 is 10.8 Å². The van der Waals surface area contributed by atoms with Crippen molar-refractivity contribution in [1.29, 1.82) is 0 Å². The highest BCUT2D eigenvalue weighted by atomic mass is 35.5. The first-order chi connectivity index (χ1) is 7.61. The van der Waals surface area contributed by atoms with Crippen LogP contribution in [0.4, 0.5) is 4.79 Å². The molecule has 0 spiro atoms. The Morgan fingerprint density at radius 1 is 1.50 bits per heavy atom. The van der Waals surface area contributed by atoms with Crippen LogP contribution >= 0.6 is 21.0 Å². The van der Waals surface area contributed by atoms with E-state index in [1.807, 2.05) is 12.1 Å². The number of hydrogen-bond donors (Lipinski definition) is 2. The summed E-state index contributed by atoms with van der Waals surface area (Å²) >= 11 is 5.76. The lowest BCUT2D eigenvalue weighted by atomic mass is 10.1. The number of carbonyl (C=O) groups excluding carboxylic acids is 1. The molecule has 2 unspecified atom stereocenters. The summed E-state index contributed by atoms with van der Waals surface area (Å²) in [6, 6.07) is 7.19. The van der Waals surface area contributed by atoms with Crippen molar-refractivity contribution in [3.8, 4) is 0 Å². The van der Waals surface area contributed by atoms with E-state index in [1.165, 1.54) is 0 Å². The lowest BCUT2D eigenvalue weighted by Gasteiger charge is -2.11. The summed E-state index contributed by atoms with van der Waals surface area (Å²) in [5.74, 6) is 0. The van der Waals surface area contributed by atoms with Gasteiger partial charge in [0.05, 0.1) is 0 Å². The molecule has 0 aliphatic rings. The van der Waals surface area contributed by atoms with Crippen molar-refractivity contribution in [3.63, 3.8) is 0 Å². The number of nitrogens with one attached hydrogen (secondary N) is 1. The molecule has 0 saturated heterocycles. The Bertz CT molecular complexity index is 345. The summed E-state index contributed by atoms with van der Waals surface area (Å²) in [6.45, 7) is 0.183. The van der Waals surface area contributed by atoms with Crippen molar-refractivity contribution < 1.29 is 9.53 Å². The summed E-state index contributed by atoms with van der Waals surface area (Å²) in [7, 11) is 2.06. The molecular formula is C10H14ClN2O2P. The second-order valence-electron chi connectivity index (χ2n) is 3.33. The van der Waals surface area contributed by atoms with Crippen LogP contribution in [0.5, 0.6) is 0 Å². The first-order valence-corrected chi connectivity index (χ1v) is 5.70. The van der Waals surface area contributed by atoms with Crippen molar-refractivity contribution in [2.45, 2.75) is 12.5 Å². The average molecular weight is 261 g/mol. The first kappa shape index (κ1) is 13.2. The molecule has 0 aromatic heterocycles. The zero-order chi connectivity index (χ0) is 12.0. The van der Waals surface area contributed by atoms with Crippen molar-refractivity contribution in [2.24, 2.45) is 5.73 Å². The van der Waals surface area contributed by atoms with Crippen molar-refractivity contribution in [1.82, 2.24) is 5.09 Å². The van der Waals surface area contributed by atoms with E-state index in [-0.39, 0.29) is 12.6 Å². The van der Waals surface area contributed by atoms with Gasteiger partial charge in [0.25, 0.3) is 0 Å². The van der Waals surface area contributed by atoms with Gasteiger partial charge in [-0.1, -0.05) is 23.7 Å². The van der Waals surface area contributed by atoms with Gasteiger partial charge in [0.1, 0.15) is 6.61 Å². The maximum Gasteiger partial charge on any atom is 0.410 e. The fourth-order valence-corrected chi connectivity index (χ4v) is 1.42. The number of amides is 1. The van der Waals surface area contributed by atoms with Gasteiger partial charge in [-0.15, -0.1) is 0 Å². The molecule has 0 aliphatic heterocycles. The average Bonchev–Trinajstić information content (AvgIpc) is 2.29. The monoisotopic (exact) mass is 260 g/mol. The summed E-state index contributed by atoms with van der Waals surface area (Å²) in [5, 5.41) is 2.96. The Kier molecular flexibility index (Phi) is 5.53. The van der Waals surface area contributed by atoms with Crippen LogP contribution in [0.15, 0.2) is 24.3 Å². The second kappa shape index (κ2) is 6.69. The number of rotatable bonds is 4. The molecule has 4 nitrogen and oxygen atoms in total. The molecule has 1 aromatic rings. The van der Waals surface area contributed by atoms with E-state index in [9.17, 15) is 4.79 Å². The van der Waals surface area contributed by atoms with Gasteiger partial charge in [0.2, 0.25) is 0 Å². The maximum absolute atomic E-state index is 10.8. The molecule has 1 aromatic carbocycles. The van der Waals surface area contributed by atoms with Crippen LogP contribution in [-0.4, -0.2) is 18.7 Å². The number of carbonyl (C=O) groups is 1. The van der Waals surface area contributed by atoms with Crippen LogP contribution in [0.2, 0.25) is 5.02 Å². The molecule has 0 aliphatic carbocycles. The number of nitrogens with two attached hydrogens (primary N) is 1. The standard InChI is InChI=1S/C10H14ClN2O2P/c11-8-3-1-7(2-4-8)5-9(12)6-15-10(14)13-16/h1-4,9H,5-6,12,16H2,(H,13,14). The summed E-state index contributed by atoms with van der Waals surface area (Å²) in [4.78, 5) is 10.8. The molecule has 16 heavy (non-hydrogen) atoms. The van der Waals surface area contributed by atoms with Gasteiger partial charge in [0, 0.05) is 11.1 Å². The van der Waals surface area contributed by atoms with Crippen LogP contribution in [0, 0.1) is 0 Å². The van der Waals surface area contributed by atoms with Gasteiger partial charge >= 0.3 is 6.09 Å². The van der Waals surface area contributed by atoms with Gasteiger partial charge in [-0.3, -0.25) is 0 Å². The molecule has 1 rings (SSSR count). The van der Waals surface area contributed by atoms with E-state index in [0.29, 0.717) is 11.4 Å². The van der Waals surface area contributed by atoms with Crippen molar-refractivity contribution >= 4 is 27.1 Å². The molecule has 0 saturated carbocycles. The predicted molar refractivity (Wildman–Crippen MR) is 67.3 cm³/mol. The molecule has 0 radical (unpaired) electrons. The fraction of sp³-hybridized carbons (Fsp3) is 0.300. The Balaban J connectivity index is 2.36. The molecular weight excluding hydrogens is 247 g/mol. The Morgan fingerprint density at radius 2 is 2.12 bits per heavy atom. The van der Waals surface area contributed by atoms with E-state index >= 15 is 0 Å². The third kappa shape index (κ3) is 4.79. The molecule has 1 amide bonds. The molecule has 6 heteroatoms. The molecule has 0 fully saturated rings. The van der Waals surface area contributed by atoms with Gasteiger partial charge in [-0.25, -0.2) is 4.79 Å². The minimum Gasteiger partial charge on any atom is -0.448 e. The smallest absolute Gasteiger partial charge is 0.410 e. The van der Waals surface area contributed by atoms with E-state index in [2.05, 4.69) is 14.5 Å².